The van der Waals surface area contributed by atoms with E-state index in [1.54, 1.807) is 23.5 Å². The van der Waals surface area contributed by atoms with E-state index in [-0.39, 0.29) is 17.6 Å². The lowest BCUT2D eigenvalue weighted by Crippen LogP contribution is -2.21. The number of hydrogen-bond donors (Lipinski definition) is 1. The molecule has 0 bridgehead atoms. The summed E-state index contributed by atoms with van der Waals surface area (Å²) in [4.78, 5) is 13.1. The summed E-state index contributed by atoms with van der Waals surface area (Å²) >= 11 is 1.67. The molecule has 0 aliphatic carbocycles. The average molecular weight is 353 g/mol. The van der Waals surface area contributed by atoms with E-state index >= 15 is 0 Å². The zero-order valence-electron chi connectivity index (χ0n) is 13.4. The van der Waals surface area contributed by atoms with Crippen LogP contribution in [0, 0.1) is 5.82 Å². The summed E-state index contributed by atoms with van der Waals surface area (Å²) in [6.45, 7) is 0.389. The molecule has 1 aromatic heterocycles. The molecule has 1 N–H and O–H groups in total. The van der Waals surface area contributed by atoms with Crippen LogP contribution in [0.3, 0.4) is 0 Å². The highest BCUT2D eigenvalue weighted by atomic mass is 32.1. The molecule has 5 heteroatoms. The van der Waals surface area contributed by atoms with Gasteiger partial charge in [-0.1, -0.05) is 24.3 Å². The van der Waals surface area contributed by atoms with Crippen LogP contribution < -0.4 is 10.1 Å². The molecule has 1 aliphatic heterocycles. The number of nitrogens with one attached hydrogen (secondary N) is 1. The molecule has 0 unspecified atom stereocenters. The van der Waals surface area contributed by atoms with Crippen molar-refractivity contribution in [1.29, 1.82) is 0 Å². The van der Waals surface area contributed by atoms with Gasteiger partial charge in [0.05, 0.1) is 5.69 Å². The van der Waals surface area contributed by atoms with Gasteiger partial charge >= 0.3 is 0 Å². The number of fused-ring (bicyclic) bond motifs is 1. The van der Waals surface area contributed by atoms with Crippen molar-refractivity contribution in [3.8, 4) is 5.75 Å². The first-order chi connectivity index (χ1) is 12.2. The van der Waals surface area contributed by atoms with Crippen LogP contribution in [0.1, 0.15) is 28.3 Å². The van der Waals surface area contributed by atoms with Gasteiger partial charge in [-0.3, -0.25) is 4.79 Å². The lowest BCUT2D eigenvalue weighted by molar-refractivity contribution is -0.116. The minimum Gasteiger partial charge on any atom is -0.489 e. The van der Waals surface area contributed by atoms with Crippen LogP contribution in [-0.2, 0) is 11.4 Å². The highest BCUT2D eigenvalue weighted by Crippen LogP contribution is 2.40. The fraction of sp³-hybridized carbons (Fsp3) is 0.150. The van der Waals surface area contributed by atoms with Crippen LogP contribution in [-0.4, -0.2) is 5.91 Å². The zero-order chi connectivity index (χ0) is 17.2. The first kappa shape index (κ1) is 15.8. The molecule has 0 fully saturated rings. The van der Waals surface area contributed by atoms with Crippen molar-refractivity contribution >= 4 is 22.9 Å². The maximum Gasteiger partial charge on any atom is 0.225 e. The largest absolute Gasteiger partial charge is 0.489 e. The first-order valence-electron chi connectivity index (χ1n) is 8.03. The highest BCUT2D eigenvalue weighted by Gasteiger charge is 2.27. The number of benzene rings is 2. The second-order valence-electron chi connectivity index (χ2n) is 5.99. The van der Waals surface area contributed by atoms with E-state index in [4.69, 9.17) is 4.74 Å². The number of halogens is 1. The quantitative estimate of drug-likeness (QED) is 0.721. The van der Waals surface area contributed by atoms with Crippen molar-refractivity contribution < 1.29 is 13.9 Å². The number of amides is 1. The van der Waals surface area contributed by atoms with Gasteiger partial charge in [-0.05, 0) is 46.8 Å². The summed E-state index contributed by atoms with van der Waals surface area (Å²) in [5, 5.41) is 4.92. The van der Waals surface area contributed by atoms with Gasteiger partial charge in [0.1, 0.15) is 18.2 Å². The monoisotopic (exact) mass is 353 g/mol. The third-order valence-electron chi connectivity index (χ3n) is 4.28. The van der Waals surface area contributed by atoms with E-state index in [0.29, 0.717) is 13.0 Å². The number of anilines is 1. The maximum atomic E-state index is 12.9. The Bertz CT molecular complexity index is 887. The fourth-order valence-electron chi connectivity index (χ4n) is 2.99. The Morgan fingerprint density at radius 1 is 1.08 bits per heavy atom. The lowest BCUT2D eigenvalue weighted by atomic mass is 9.91. The summed E-state index contributed by atoms with van der Waals surface area (Å²) in [6, 6.07) is 16.1. The summed E-state index contributed by atoms with van der Waals surface area (Å²) in [5.74, 6) is 0.639. The molecule has 25 heavy (non-hydrogen) atoms. The van der Waals surface area contributed by atoms with E-state index in [2.05, 4.69) is 5.32 Å². The molecule has 0 spiro atoms. The molecule has 0 radical (unpaired) electrons. The van der Waals surface area contributed by atoms with Crippen molar-refractivity contribution in [2.75, 3.05) is 5.32 Å². The van der Waals surface area contributed by atoms with Gasteiger partial charge in [-0.15, -0.1) is 11.3 Å². The normalized spacial score (nSPS) is 16.2. The summed E-state index contributed by atoms with van der Waals surface area (Å²) in [6.07, 6.45) is 0.462. The smallest absolute Gasteiger partial charge is 0.225 e. The van der Waals surface area contributed by atoms with Gasteiger partial charge in [0.15, 0.2) is 0 Å². The van der Waals surface area contributed by atoms with Crippen LogP contribution >= 0.6 is 11.3 Å². The molecule has 1 aliphatic rings. The summed E-state index contributed by atoms with van der Waals surface area (Å²) in [7, 11) is 0. The standard InChI is InChI=1S/C20H16FNO2S/c21-15-5-1-13(2-6-15)12-24-16-7-3-14(4-8-16)17-11-19(23)22-18-9-10-25-20(17)18/h1-10,17H,11-12H2,(H,22,23)/t17-/m1/s1. The minimum atomic E-state index is -0.252. The predicted octanol–water partition coefficient (Wildman–Crippen LogP) is 4.94. The molecular formula is C20H16FNO2S. The molecule has 126 valence electrons. The number of thiophene rings is 1. The Labute approximate surface area is 149 Å². The van der Waals surface area contributed by atoms with E-state index in [9.17, 15) is 9.18 Å². The third-order valence-corrected chi connectivity index (χ3v) is 5.31. The number of carbonyl (C=O) groups is 1. The Morgan fingerprint density at radius 2 is 1.84 bits per heavy atom. The SMILES string of the molecule is O=C1C[C@H](c2ccc(OCc3ccc(F)cc3)cc2)c2sccc2N1. The Hall–Kier alpha value is -2.66. The molecule has 3 nitrogen and oxygen atoms in total. The molecular weight excluding hydrogens is 337 g/mol. The topological polar surface area (TPSA) is 38.3 Å². The van der Waals surface area contributed by atoms with Crippen molar-refractivity contribution in [2.45, 2.75) is 18.9 Å². The van der Waals surface area contributed by atoms with Crippen molar-refractivity contribution in [3.63, 3.8) is 0 Å². The minimum absolute atomic E-state index is 0.0486. The molecule has 1 atom stereocenters. The van der Waals surface area contributed by atoms with E-state index in [0.717, 1.165) is 22.6 Å². The lowest BCUT2D eigenvalue weighted by Gasteiger charge is -2.23. The van der Waals surface area contributed by atoms with Gasteiger partial charge < -0.3 is 10.1 Å². The van der Waals surface area contributed by atoms with Crippen molar-refractivity contribution in [1.82, 2.24) is 0 Å². The molecule has 1 amide bonds. The summed E-state index contributed by atoms with van der Waals surface area (Å²) in [5.41, 5.74) is 2.94. The number of rotatable bonds is 4. The molecule has 4 rings (SSSR count). The van der Waals surface area contributed by atoms with E-state index < -0.39 is 0 Å². The highest BCUT2D eigenvalue weighted by molar-refractivity contribution is 7.10. The fourth-order valence-corrected chi connectivity index (χ4v) is 3.97. The van der Waals surface area contributed by atoms with Crippen LogP contribution in [0.25, 0.3) is 0 Å². The Kier molecular flexibility index (Phi) is 4.24. The first-order valence-corrected chi connectivity index (χ1v) is 8.91. The van der Waals surface area contributed by atoms with Gasteiger partial charge in [-0.25, -0.2) is 4.39 Å². The second kappa shape index (κ2) is 6.69. The van der Waals surface area contributed by atoms with E-state index in [1.807, 2.05) is 35.7 Å². The van der Waals surface area contributed by atoms with E-state index in [1.165, 1.54) is 17.0 Å². The zero-order valence-corrected chi connectivity index (χ0v) is 14.2. The molecule has 3 aromatic rings. The molecule has 0 saturated heterocycles. The van der Waals surface area contributed by atoms with Crippen LogP contribution in [0.5, 0.6) is 5.75 Å². The van der Waals surface area contributed by atoms with Gasteiger partial charge in [0.2, 0.25) is 5.91 Å². The second-order valence-corrected chi connectivity index (χ2v) is 6.94. The number of ether oxygens (including phenoxy) is 1. The number of carbonyl (C=O) groups excluding carboxylic acids is 1. The van der Waals surface area contributed by atoms with Crippen LogP contribution in [0.4, 0.5) is 10.1 Å². The van der Waals surface area contributed by atoms with Crippen LogP contribution in [0.15, 0.2) is 60.0 Å². The van der Waals surface area contributed by atoms with Crippen molar-refractivity contribution in [3.05, 3.63) is 81.8 Å². The summed E-state index contributed by atoms with van der Waals surface area (Å²) < 4.78 is 18.7. The van der Waals surface area contributed by atoms with Crippen LogP contribution in [0.2, 0.25) is 0 Å². The average Bonchev–Trinajstić information content (AvgIpc) is 3.09. The molecule has 2 heterocycles. The molecule has 0 saturated carbocycles. The molecule has 2 aromatic carbocycles. The van der Waals surface area contributed by atoms with Gasteiger partial charge in [-0.2, -0.15) is 0 Å². The maximum absolute atomic E-state index is 12.9. The van der Waals surface area contributed by atoms with Crippen molar-refractivity contribution in [2.24, 2.45) is 0 Å². The number of hydrogen-bond acceptors (Lipinski definition) is 3. The van der Waals surface area contributed by atoms with Gasteiger partial charge in [0.25, 0.3) is 0 Å². The predicted molar refractivity (Wildman–Crippen MR) is 96.6 cm³/mol. The third kappa shape index (κ3) is 3.42. The van der Waals surface area contributed by atoms with Gasteiger partial charge in [0, 0.05) is 17.2 Å². The Morgan fingerprint density at radius 3 is 2.60 bits per heavy atom. The Balaban J connectivity index is 1.47.